The zero-order valence-corrected chi connectivity index (χ0v) is 10.1. The number of hydrogen-bond donors (Lipinski definition) is 2. The number of amides is 1. The van der Waals surface area contributed by atoms with Crippen LogP contribution in [0.4, 0.5) is 5.69 Å². The van der Waals surface area contributed by atoms with E-state index in [1.54, 1.807) is 6.92 Å². The van der Waals surface area contributed by atoms with Crippen LogP contribution in [-0.2, 0) is 4.79 Å². The summed E-state index contributed by atoms with van der Waals surface area (Å²) in [7, 11) is 0. The average molecular weight is 257 g/mol. The molecule has 1 amide bonds. The molecule has 92 valence electrons. The summed E-state index contributed by atoms with van der Waals surface area (Å²) < 4.78 is 0. The van der Waals surface area contributed by atoms with Crippen molar-refractivity contribution in [1.82, 2.24) is 4.90 Å². The highest BCUT2D eigenvalue weighted by Gasteiger charge is 2.17. The SMILES string of the molecule is CCN(CC(=O)O)C(=O)c1ccc(N)c(Cl)c1. The molecule has 0 spiro atoms. The van der Waals surface area contributed by atoms with E-state index in [0.717, 1.165) is 0 Å². The van der Waals surface area contributed by atoms with E-state index >= 15 is 0 Å². The molecule has 6 heteroatoms. The van der Waals surface area contributed by atoms with E-state index in [1.807, 2.05) is 0 Å². The fourth-order valence-electron chi connectivity index (χ4n) is 1.33. The van der Waals surface area contributed by atoms with Crippen LogP contribution in [0.15, 0.2) is 18.2 Å². The molecule has 0 aromatic heterocycles. The van der Waals surface area contributed by atoms with Gasteiger partial charge in [0.25, 0.3) is 5.91 Å². The lowest BCUT2D eigenvalue weighted by molar-refractivity contribution is -0.137. The van der Waals surface area contributed by atoms with Gasteiger partial charge in [0.15, 0.2) is 0 Å². The molecule has 3 N–H and O–H groups in total. The third kappa shape index (κ3) is 3.35. The topological polar surface area (TPSA) is 83.6 Å². The van der Waals surface area contributed by atoms with Gasteiger partial charge < -0.3 is 15.7 Å². The summed E-state index contributed by atoms with van der Waals surface area (Å²) in [6.07, 6.45) is 0. The van der Waals surface area contributed by atoms with Gasteiger partial charge in [0.2, 0.25) is 0 Å². The van der Waals surface area contributed by atoms with Crippen LogP contribution >= 0.6 is 11.6 Å². The monoisotopic (exact) mass is 256 g/mol. The first-order valence-corrected chi connectivity index (χ1v) is 5.39. The fourth-order valence-corrected chi connectivity index (χ4v) is 1.51. The molecule has 1 rings (SSSR count). The zero-order valence-electron chi connectivity index (χ0n) is 9.31. The van der Waals surface area contributed by atoms with E-state index in [4.69, 9.17) is 22.4 Å². The molecule has 1 aromatic rings. The Bertz CT molecular complexity index is 448. The number of nitrogens with zero attached hydrogens (tertiary/aromatic N) is 1. The third-order valence-electron chi connectivity index (χ3n) is 2.24. The Morgan fingerprint density at radius 3 is 2.59 bits per heavy atom. The van der Waals surface area contributed by atoms with Gasteiger partial charge in [-0.15, -0.1) is 0 Å². The number of halogens is 1. The molecule has 0 saturated carbocycles. The lowest BCUT2D eigenvalue weighted by atomic mass is 10.2. The molecular formula is C11H13ClN2O3. The minimum atomic E-state index is -1.05. The summed E-state index contributed by atoms with van der Waals surface area (Å²) in [6, 6.07) is 4.47. The predicted molar refractivity (Wildman–Crippen MR) is 65.1 cm³/mol. The van der Waals surface area contributed by atoms with Crippen molar-refractivity contribution in [2.75, 3.05) is 18.8 Å². The second-order valence-corrected chi connectivity index (χ2v) is 3.86. The molecular weight excluding hydrogens is 244 g/mol. The highest BCUT2D eigenvalue weighted by Crippen LogP contribution is 2.20. The first-order valence-electron chi connectivity index (χ1n) is 5.01. The molecule has 5 nitrogen and oxygen atoms in total. The Labute approximate surface area is 104 Å². The fraction of sp³-hybridized carbons (Fsp3) is 0.273. The number of nitrogens with two attached hydrogens (primary N) is 1. The van der Waals surface area contributed by atoms with E-state index in [2.05, 4.69) is 0 Å². The van der Waals surface area contributed by atoms with Crippen LogP contribution in [0.5, 0.6) is 0 Å². The van der Waals surface area contributed by atoms with Crippen LogP contribution in [0.3, 0.4) is 0 Å². The number of carboxylic acid groups (broad SMARTS) is 1. The molecule has 0 bridgehead atoms. The van der Waals surface area contributed by atoms with Gasteiger partial charge in [-0.25, -0.2) is 0 Å². The molecule has 0 fully saturated rings. The van der Waals surface area contributed by atoms with Crippen molar-refractivity contribution in [3.63, 3.8) is 0 Å². The van der Waals surface area contributed by atoms with Crippen LogP contribution in [0, 0.1) is 0 Å². The van der Waals surface area contributed by atoms with Crippen molar-refractivity contribution in [2.45, 2.75) is 6.92 Å². The van der Waals surface area contributed by atoms with E-state index in [-0.39, 0.29) is 17.5 Å². The minimum absolute atomic E-state index is 0.280. The number of carbonyl (C=O) groups is 2. The lowest BCUT2D eigenvalue weighted by Crippen LogP contribution is -2.35. The molecule has 17 heavy (non-hydrogen) atoms. The summed E-state index contributed by atoms with van der Waals surface area (Å²) in [5, 5.41) is 8.95. The molecule has 1 aromatic carbocycles. The van der Waals surface area contributed by atoms with Gasteiger partial charge in [0.1, 0.15) is 6.54 Å². The average Bonchev–Trinajstić information content (AvgIpc) is 2.28. The standard InChI is InChI=1S/C11H13ClN2O3/c1-2-14(6-10(15)16)11(17)7-3-4-9(13)8(12)5-7/h3-5H,2,6,13H2,1H3,(H,15,16). The van der Waals surface area contributed by atoms with Crippen molar-refractivity contribution < 1.29 is 14.7 Å². The summed E-state index contributed by atoms with van der Waals surface area (Å²) in [4.78, 5) is 23.7. The van der Waals surface area contributed by atoms with Gasteiger partial charge in [-0.05, 0) is 25.1 Å². The maximum Gasteiger partial charge on any atom is 0.323 e. The van der Waals surface area contributed by atoms with Gasteiger partial charge in [-0.3, -0.25) is 9.59 Å². The number of likely N-dealkylation sites (N-methyl/N-ethyl adjacent to an activating group) is 1. The number of anilines is 1. The number of rotatable bonds is 4. The number of aliphatic carboxylic acids is 1. The Balaban J connectivity index is 2.93. The normalized spacial score (nSPS) is 10.0. The largest absolute Gasteiger partial charge is 0.480 e. The molecule has 0 aliphatic carbocycles. The predicted octanol–water partition coefficient (Wildman–Crippen LogP) is 1.47. The molecule has 0 aliphatic heterocycles. The van der Waals surface area contributed by atoms with Crippen molar-refractivity contribution in [2.24, 2.45) is 0 Å². The Hall–Kier alpha value is -1.75. The molecule has 0 aliphatic rings. The van der Waals surface area contributed by atoms with Crippen molar-refractivity contribution in [3.8, 4) is 0 Å². The van der Waals surface area contributed by atoms with Crippen molar-refractivity contribution in [3.05, 3.63) is 28.8 Å². The van der Waals surface area contributed by atoms with Gasteiger partial charge >= 0.3 is 5.97 Å². The van der Waals surface area contributed by atoms with E-state index in [1.165, 1.54) is 23.1 Å². The second-order valence-electron chi connectivity index (χ2n) is 3.45. The first kappa shape index (κ1) is 13.3. The van der Waals surface area contributed by atoms with Crippen LogP contribution in [-0.4, -0.2) is 35.0 Å². The van der Waals surface area contributed by atoms with Crippen molar-refractivity contribution >= 4 is 29.2 Å². The smallest absolute Gasteiger partial charge is 0.323 e. The van der Waals surface area contributed by atoms with E-state index < -0.39 is 5.97 Å². The summed E-state index contributed by atoms with van der Waals surface area (Å²) in [6.45, 7) is 1.68. The Kier molecular flexibility index (Phi) is 4.34. The maximum atomic E-state index is 11.9. The summed E-state index contributed by atoms with van der Waals surface area (Å²) >= 11 is 5.80. The van der Waals surface area contributed by atoms with Gasteiger partial charge in [-0.1, -0.05) is 11.6 Å². The van der Waals surface area contributed by atoms with Crippen LogP contribution in [0.25, 0.3) is 0 Å². The third-order valence-corrected chi connectivity index (χ3v) is 2.57. The summed E-state index contributed by atoms with van der Waals surface area (Å²) in [5.41, 5.74) is 6.23. The van der Waals surface area contributed by atoms with Gasteiger partial charge in [-0.2, -0.15) is 0 Å². The second kappa shape index (κ2) is 5.54. The van der Waals surface area contributed by atoms with Crippen LogP contribution in [0.1, 0.15) is 17.3 Å². The summed E-state index contributed by atoms with van der Waals surface area (Å²) in [5.74, 6) is -1.43. The number of nitrogen functional groups attached to an aromatic ring is 1. The number of benzene rings is 1. The molecule has 0 heterocycles. The van der Waals surface area contributed by atoms with Crippen molar-refractivity contribution in [1.29, 1.82) is 0 Å². The highest BCUT2D eigenvalue weighted by molar-refractivity contribution is 6.33. The van der Waals surface area contributed by atoms with Crippen LogP contribution in [0.2, 0.25) is 5.02 Å². The highest BCUT2D eigenvalue weighted by atomic mass is 35.5. The van der Waals surface area contributed by atoms with E-state index in [9.17, 15) is 9.59 Å². The molecule has 0 atom stereocenters. The number of hydrogen-bond acceptors (Lipinski definition) is 3. The molecule has 0 unspecified atom stereocenters. The van der Waals surface area contributed by atoms with E-state index in [0.29, 0.717) is 17.8 Å². The Morgan fingerprint density at radius 1 is 1.47 bits per heavy atom. The molecule has 0 radical (unpaired) electrons. The number of carboxylic acids is 1. The quantitative estimate of drug-likeness (QED) is 0.799. The first-order chi connectivity index (χ1) is 7.95. The minimum Gasteiger partial charge on any atom is -0.480 e. The number of carbonyl (C=O) groups excluding carboxylic acids is 1. The lowest BCUT2D eigenvalue weighted by Gasteiger charge is -2.18. The zero-order chi connectivity index (χ0) is 13.0. The van der Waals surface area contributed by atoms with Crippen LogP contribution < -0.4 is 5.73 Å². The van der Waals surface area contributed by atoms with Gasteiger partial charge in [0, 0.05) is 12.1 Å². The maximum absolute atomic E-state index is 11.9. The molecule has 0 saturated heterocycles. The Morgan fingerprint density at radius 2 is 2.12 bits per heavy atom. The van der Waals surface area contributed by atoms with Gasteiger partial charge in [0.05, 0.1) is 10.7 Å².